The number of aryl methyl sites for hydroxylation is 4. The van der Waals surface area contributed by atoms with Gasteiger partial charge in [0, 0.05) is 28.4 Å². The Kier molecular flexibility index (Phi) is 15.0. The molecule has 0 fully saturated rings. The van der Waals surface area contributed by atoms with E-state index < -0.39 is 0 Å². The molecular weight excluding hydrogens is 825 g/mol. The second-order valence-electron chi connectivity index (χ2n) is 20.5. The molecule has 0 radical (unpaired) electrons. The van der Waals surface area contributed by atoms with Crippen molar-refractivity contribution in [2.24, 2.45) is 0 Å². The Hall–Kier alpha value is -5.48. The van der Waals surface area contributed by atoms with Crippen molar-refractivity contribution < 1.29 is 0 Å². The van der Waals surface area contributed by atoms with E-state index in [0.29, 0.717) is 0 Å². The molecule has 4 heteroatoms. The molecule has 5 heterocycles. The average molecular weight is 903 g/mol. The van der Waals surface area contributed by atoms with Crippen LogP contribution in [0.25, 0.3) is 88.2 Å². The fraction of sp³-hybridized carbons (Fsp3) is 0.438. The molecule has 12 bridgehead atoms. The molecule has 3 aliphatic rings. The minimum absolute atomic E-state index is 1.04. The van der Waals surface area contributed by atoms with Crippen molar-refractivity contribution in [1.29, 1.82) is 0 Å². The lowest BCUT2D eigenvalue weighted by molar-refractivity contribution is 0.667. The number of aromatic nitrogens is 4. The Morgan fingerprint density at radius 3 is 1.46 bits per heavy atom. The predicted molar refractivity (Wildman–Crippen MR) is 297 cm³/mol. The number of fused-ring (bicyclic) bond motifs is 22. The van der Waals surface area contributed by atoms with Crippen LogP contribution in [0.5, 0.6) is 0 Å². The molecule has 4 nitrogen and oxygen atoms in total. The maximum Gasteiger partial charge on any atom is 0.139 e. The van der Waals surface area contributed by atoms with E-state index in [4.69, 9.17) is 9.97 Å². The lowest BCUT2D eigenvalue weighted by atomic mass is 9.96. The molecular formula is C64H78N4. The van der Waals surface area contributed by atoms with Gasteiger partial charge in [-0.3, -0.25) is 4.98 Å². The van der Waals surface area contributed by atoms with E-state index in [2.05, 4.69) is 138 Å². The molecule has 0 saturated carbocycles. The number of unbranched alkanes of at least 4 members (excludes halogenated alkanes) is 12. The Morgan fingerprint density at radius 2 is 0.912 bits per heavy atom. The Morgan fingerprint density at radius 1 is 0.471 bits per heavy atom. The Balaban J connectivity index is 1.42. The minimum atomic E-state index is 1.04. The van der Waals surface area contributed by atoms with Crippen LogP contribution in [-0.2, 0) is 12.8 Å². The highest BCUT2D eigenvalue weighted by Gasteiger charge is 2.32. The van der Waals surface area contributed by atoms with Gasteiger partial charge in [-0.25, -0.2) is 4.98 Å². The molecule has 3 aromatic heterocycles. The van der Waals surface area contributed by atoms with Crippen molar-refractivity contribution in [3.63, 3.8) is 0 Å². The summed E-state index contributed by atoms with van der Waals surface area (Å²) in [6.07, 6.45) is 23.9. The van der Waals surface area contributed by atoms with Crippen LogP contribution >= 0.6 is 0 Å². The molecule has 68 heavy (non-hydrogen) atoms. The normalized spacial score (nSPS) is 13.2. The smallest absolute Gasteiger partial charge is 0.139 e. The van der Waals surface area contributed by atoms with Crippen molar-refractivity contribution in [2.45, 2.75) is 184 Å². The quantitative estimate of drug-likeness (QED) is 0.0591. The molecule has 354 valence electrons. The number of H-pyrrole nitrogens is 2. The summed E-state index contributed by atoms with van der Waals surface area (Å²) < 4.78 is 0. The number of rotatable bonds is 20. The maximum absolute atomic E-state index is 5.75. The zero-order valence-electron chi connectivity index (χ0n) is 43.0. The van der Waals surface area contributed by atoms with Crippen LogP contribution in [0.4, 0.5) is 0 Å². The molecule has 6 aromatic rings. The lowest BCUT2D eigenvalue weighted by Crippen LogP contribution is -1.89. The van der Waals surface area contributed by atoms with Gasteiger partial charge in [-0.1, -0.05) is 163 Å². The second-order valence-corrected chi connectivity index (χ2v) is 20.5. The summed E-state index contributed by atoms with van der Waals surface area (Å²) in [5.41, 5.74) is 25.6. The van der Waals surface area contributed by atoms with E-state index >= 15 is 0 Å². The summed E-state index contributed by atoms with van der Waals surface area (Å²) in [6.45, 7) is 18.7. The van der Waals surface area contributed by atoms with Crippen LogP contribution < -0.4 is 0 Å². The van der Waals surface area contributed by atoms with Gasteiger partial charge in [0.05, 0.1) is 28.0 Å². The fourth-order valence-corrected chi connectivity index (χ4v) is 11.8. The predicted octanol–water partition coefficient (Wildman–Crippen LogP) is 19.5. The summed E-state index contributed by atoms with van der Waals surface area (Å²) in [6, 6.07) is 28.0. The Labute approximate surface area is 407 Å². The number of aromatic amines is 2. The second kappa shape index (κ2) is 21.4. The monoisotopic (exact) mass is 903 g/mol. The van der Waals surface area contributed by atoms with Gasteiger partial charge in [-0.05, 0) is 131 Å². The molecule has 0 unspecified atom stereocenters. The third-order valence-electron chi connectivity index (χ3n) is 15.8. The molecule has 0 amide bonds. The van der Waals surface area contributed by atoms with Crippen molar-refractivity contribution in [2.75, 3.05) is 0 Å². The summed E-state index contributed by atoms with van der Waals surface area (Å²) in [7, 11) is 0. The molecule has 0 saturated heterocycles. The minimum Gasteiger partial charge on any atom is -0.386 e. The van der Waals surface area contributed by atoms with Gasteiger partial charge in [0.2, 0.25) is 0 Å². The van der Waals surface area contributed by atoms with Crippen molar-refractivity contribution in [3.05, 3.63) is 118 Å². The largest absolute Gasteiger partial charge is 0.386 e. The topological polar surface area (TPSA) is 57.4 Å². The van der Waals surface area contributed by atoms with E-state index in [9.17, 15) is 0 Å². The highest BCUT2D eigenvalue weighted by molar-refractivity contribution is 6.19. The molecule has 0 spiro atoms. The summed E-state index contributed by atoms with van der Waals surface area (Å²) in [5.74, 6) is 0. The fourth-order valence-electron chi connectivity index (χ4n) is 11.8. The summed E-state index contributed by atoms with van der Waals surface area (Å²) in [4.78, 5) is 19.8. The number of nitrogens with one attached hydrogen (secondary N) is 2. The first-order valence-corrected chi connectivity index (χ1v) is 27.1. The van der Waals surface area contributed by atoms with Crippen LogP contribution in [0, 0.1) is 13.8 Å². The van der Waals surface area contributed by atoms with Crippen molar-refractivity contribution in [1.82, 2.24) is 19.9 Å². The third kappa shape index (κ3) is 9.22. The lowest BCUT2D eigenvalue weighted by Gasteiger charge is -2.07. The highest BCUT2D eigenvalue weighted by atomic mass is 14.8. The number of allylic oxidation sites excluding steroid dienone is 4. The SMILES string of the molecule is CCCCCCC1=C(C)c2nc1cc1[nH]c(c(C)c1CCCCCC)c1[cH-]c(c3nc(cc4[nH]c(c5[cH+]c2-c2ccccc2-5)c(C)c4CCCCCC)C(CCCCCC)=C3C)c2ccccc21. The summed E-state index contributed by atoms with van der Waals surface area (Å²) in [5, 5.41) is 5.09. The van der Waals surface area contributed by atoms with Crippen LogP contribution in [0.15, 0.2) is 72.8 Å². The van der Waals surface area contributed by atoms with Crippen LogP contribution in [0.3, 0.4) is 0 Å². The van der Waals surface area contributed by atoms with Crippen LogP contribution in [0.1, 0.15) is 202 Å². The molecule has 3 aromatic carbocycles. The molecule has 2 aliphatic heterocycles. The van der Waals surface area contributed by atoms with Gasteiger partial charge in [-0.2, -0.15) is 0 Å². The highest BCUT2D eigenvalue weighted by Crippen LogP contribution is 2.48. The first kappa shape index (κ1) is 47.6. The van der Waals surface area contributed by atoms with E-state index in [1.165, 1.54) is 213 Å². The first-order chi connectivity index (χ1) is 33.3. The molecule has 2 N–H and O–H groups in total. The Bertz CT molecular complexity index is 3110. The van der Waals surface area contributed by atoms with Crippen molar-refractivity contribution >= 4 is 65.9 Å². The number of hydrogen-bond donors (Lipinski definition) is 2. The van der Waals surface area contributed by atoms with Crippen LogP contribution in [0.2, 0.25) is 0 Å². The van der Waals surface area contributed by atoms with E-state index in [0.717, 1.165) is 48.5 Å². The van der Waals surface area contributed by atoms with Gasteiger partial charge in [0.25, 0.3) is 0 Å². The number of hydrogen-bond acceptors (Lipinski definition) is 2. The standard InChI is InChI=1S/C64H78N4/c1-9-13-17-21-29-45-41(5)61-53-37-54(50-34-26-25-33-49(50)53)63-43(7)47(31-23-19-15-11-3)59(67-63)40-60-48(32-24-20-16-12-4)44(8)64(68-60)56-38-55(51-35-27-28-36-52(51)56)62-42(6)46(30-22-18-14-10-2)58(66-62)39-57(45)65-61/h25-28,33-40,65,68H,9-24,29-32H2,1-8H3. The van der Waals surface area contributed by atoms with E-state index in [1.807, 2.05) is 0 Å². The van der Waals surface area contributed by atoms with Crippen LogP contribution in [-0.4, -0.2) is 19.9 Å². The summed E-state index contributed by atoms with van der Waals surface area (Å²) >= 11 is 0. The van der Waals surface area contributed by atoms with E-state index in [-0.39, 0.29) is 0 Å². The average Bonchev–Trinajstić information content (AvgIpc) is 4.18. The van der Waals surface area contributed by atoms with Gasteiger partial charge in [-0.15, -0.1) is 16.8 Å². The first-order valence-electron chi connectivity index (χ1n) is 27.1. The third-order valence-corrected chi connectivity index (χ3v) is 15.8. The molecule has 1 aliphatic carbocycles. The molecule has 9 rings (SSSR count). The van der Waals surface area contributed by atoms with Crippen molar-refractivity contribution in [3.8, 4) is 22.3 Å². The van der Waals surface area contributed by atoms with Gasteiger partial charge >= 0.3 is 0 Å². The molecule has 0 atom stereocenters. The zero-order valence-corrected chi connectivity index (χ0v) is 43.0. The van der Waals surface area contributed by atoms with E-state index in [1.54, 1.807) is 0 Å². The number of nitrogens with zero attached hydrogens (tertiary/aromatic N) is 2. The number of benzene rings is 2. The van der Waals surface area contributed by atoms with Gasteiger partial charge in [0.15, 0.2) is 0 Å². The van der Waals surface area contributed by atoms with Gasteiger partial charge < -0.3 is 9.97 Å². The van der Waals surface area contributed by atoms with Gasteiger partial charge in [0.1, 0.15) is 22.3 Å². The maximum atomic E-state index is 5.75. The zero-order chi connectivity index (χ0) is 47.3.